The quantitative estimate of drug-likeness (QED) is 0.853. The highest BCUT2D eigenvalue weighted by Gasteiger charge is 2.19. The molecule has 0 fully saturated rings. The highest BCUT2D eigenvalue weighted by molar-refractivity contribution is 9.10. The van der Waals surface area contributed by atoms with E-state index in [-0.39, 0.29) is 17.9 Å². The van der Waals surface area contributed by atoms with Crippen LogP contribution in [0.4, 0.5) is 4.39 Å². The number of benzene rings is 1. The second-order valence-corrected chi connectivity index (χ2v) is 4.20. The molecule has 2 rings (SSSR count). The molecule has 0 spiro atoms. The van der Waals surface area contributed by atoms with Crippen molar-refractivity contribution in [2.45, 2.75) is 12.5 Å². The minimum absolute atomic E-state index is 0.130. The molecule has 0 amide bonds. The number of nitrogens with zero attached hydrogens (tertiary/aromatic N) is 1. The Bertz CT molecular complexity index is 408. The van der Waals surface area contributed by atoms with E-state index in [9.17, 15) is 4.39 Å². The van der Waals surface area contributed by atoms with Gasteiger partial charge in [0.15, 0.2) is 0 Å². The van der Waals surface area contributed by atoms with Crippen LogP contribution in [0.25, 0.3) is 0 Å². The molecule has 3 nitrogen and oxygen atoms in total. The van der Waals surface area contributed by atoms with Crippen LogP contribution in [0.3, 0.4) is 0 Å². The van der Waals surface area contributed by atoms with Crippen LogP contribution in [-0.4, -0.2) is 12.6 Å². The summed E-state index contributed by atoms with van der Waals surface area (Å²) < 4.78 is 19.3. The molecule has 2 N–H and O–H groups in total. The monoisotopic (exact) mass is 272 g/mol. The molecule has 0 saturated carbocycles. The van der Waals surface area contributed by atoms with Gasteiger partial charge < -0.3 is 10.5 Å². The van der Waals surface area contributed by atoms with E-state index >= 15 is 0 Å². The van der Waals surface area contributed by atoms with Crippen molar-refractivity contribution >= 4 is 22.0 Å². The average Bonchev–Trinajstić information content (AvgIpc) is 2.22. The van der Waals surface area contributed by atoms with Crippen molar-refractivity contribution in [3.63, 3.8) is 0 Å². The Morgan fingerprint density at radius 1 is 1.53 bits per heavy atom. The first-order chi connectivity index (χ1) is 7.16. The van der Waals surface area contributed by atoms with Gasteiger partial charge in [0.25, 0.3) is 6.02 Å². The summed E-state index contributed by atoms with van der Waals surface area (Å²) in [6, 6.07) is 4.69. The van der Waals surface area contributed by atoms with E-state index in [1.165, 1.54) is 6.07 Å². The zero-order valence-electron chi connectivity index (χ0n) is 7.91. The maximum atomic E-state index is 13.5. The predicted molar refractivity (Wildman–Crippen MR) is 59.0 cm³/mol. The molecule has 0 aliphatic carbocycles. The Hall–Kier alpha value is -1.10. The van der Waals surface area contributed by atoms with Gasteiger partial charge in [0, 0.05) is 16.5 Å². The van der Waals surface area contributed by atoms with Gasteiger partial charge >= 0.3 is 0 Å². The molecule has 1 unspecified atom stereocenters. The topological polar surface area (TPSA) is 47.6 Å². The van der Waals surface area contributed by atoms with E-state index in [0.717, 1.165) is 4.47 Å². The van der Waals surface area contributed by atoms with Gasteiger partial charge in [0.1, 0.15) is 5.82 Å². The SMILES string of the molecule is NC1=NC(c2cc(Br)ccc2F)CCO1. The fraction of sp³-hybridized carbons (Fsp3) is 0.300. The van der Waals surface area contributed by atoms with Gasteiger partial charge in [0.05, 0.1) is 12.6 Å². The fourth-order valence-electron chi connectivity index (χ4n) is 1.53. The van der Waals surface area contributed by atoms with Crippen molar-refractivity contribution in [2.75, 3.05) is 6.61 Å². The standard InChI is InChI=1S/C10H10BrFN2O/c11-6-1-2-8(12)7(5-6)9-3-4-15-10(13)14-9/h1-2,5,9H,3-4H2,(H2,13,14). The number of ether oxygens (including phenoxy) is 1. The third-order valence-corrected chi connectivity index (χ3v) is 2.73. The van der Waals surface area contributed by atoms with Crippen molar-refractivity contribution in [2.24, 2.45) is 10.7 Å². The summed E-state index contributed by atoms with van der Waals surface area (Å²) in [7, 11) is 0. The van der Waals surface area contributed by atoms with Gasteiger partial charge in [-0.3, -0.25) is 0 Å². The first-order valence-electron chi connectivity index (χ1n) is 4.58. The summed E-state index contributed by atoms with van der Waals surface area (Å²) >= 11 is 3.30. The van der Waals surface area contributed by atoms with Crippen molar-refractivity contribution in [1.82, 2.24) is 0 Å². The van der Waals surface area contributed by atoms with Gasteiger partial charge in [-0.15, -0.1) is 0 Å². The number of nitrogens with two attached hydrogens (primary N) is 1. The Balaban J connectivity index is 2.36. The molecule has 1 aliphatic rings. The maximum absolute atomic E-state index is 13.5. The second-order valence-electron chi connectivity index (χ2n) is 3.29. The molecule has 1 aromatic carbocycles. The summed E-state index contributed by atoms with van der Waals surface area (Å²) in [5.41, 5.74) is 6.00. The molecular formula is C10H10BrFN2O. The van der Waals surface area contributed by atoms with Gasteiger partial charge in [-0.2, -0.15) is 0 Å². The number of halogens is 2. The molecule has 1 aliphatic heterocycles. The van der Waals surface area contributed by atoms with E-state index in [1.807, 2.05) is 0 Å². The molecular weight excluding hydrogens is 263 g/mol. The summed E-state index contributed by atoms with van der Waals surface area (Å²) in [6.07, 6.45) is 0.647. The molecule has 5 heteroatoms. The number of amidine groups is 1. The molecule has 80 valence electrons. The number of rotatable bonds is 1. The Morgan fingerprint density at radius 3 is 3.07 bits per heavy atom. The summed E-state index contributed by atoms with van der Waals surface area (Å²) in [5.74, 6) is -0.262. The summed E-state index contributed by atoms with van der Waals surface area (Å²) in [6.45, 7) is 0.478. The Morgan fingerprint density at radius 2 is 2.33 bits per heavy atom. The molecule has 1 heterocycles. The molecule has 0 aromatic heterocycles. The van der Waals surface area contributed by atoms with E-state index < -0.39 is 0 Å². The lowest BCUT2D eigenvalue weighted by molar-refractivity contribution is 0.255. The maximum Gasteiger partial charge on any atom is 0.282 e. The Kier molecular flexibility index (Phi) is 2.90. The minimum atomic E-state index is -0.262. The lowest BCUT2D eigenvalue weighted by Crippen LogP contribution is -2.24. The van der Waals surface area contributed by atoms with Gasteiger partial charge in [0.2, 0.25) is 0 Å². The summed E-state index contributed by atoms with van der Waals surface area (Å²) in [4.78, 5) is 4.07. The second kappa shape index (κ2) is 4.18. The molecule has 1 aromatic rings. The summed E-state index contributed by atoms with van der Waals surface area (Å²) in [5, 5.41) is 0. The zero-order valence-corrected chi connectivity index (χ0v) is 9.50. The largest absolute Gasteiger partial charge is 0.465 e. The van der Waals surface area contributed by atoms with Gasteiger partial charge in [-0.25, -0.2) is 9.38 Å². The van der Waals surface area contributed by atoms with Crippen LogP contribution in [0.5, 0.6) is 0 Å². The van der Waals surface area contributed by atoms with E-state index in [1.54, 1.807) is 12.1 Å². The van der Waals surface area contributed by atoms with E-state index in [0.29, 0.717) is 18.6 Å². The van der Waals surface area contributed by atoms with E-state index in [4.69, 9.17) is 10.5 Å². The Labute approximate surface area is 95.3 Å². The average molecular weight is 273 g/mol. The fourth-order valence-corrected chi connectivity index (χ4v) is 1.90. The predicted octanol–water partition coefficient (Wildman–Crippen LogP) is 2.36. The minimum Gasteiger partial charge on any atom is -0.465 e. The number of hydrogen-bond donors (Lipinski definition) is 1. The van der Waals surface area contributed by atoms with E-state index in [2.05, 4.69) is 20.9 Å². The first kappa shape index (κ1) is 10.4. The normalized spacial score (nSPS) is 20.7. The highest BCUT2D eigenvalue weighted by atomic mass is 79.9. The lowest BCUT2D eigenvalue weighted by Gasteiger charge is -2.19. The van der Waals surface area contributed by atoms with Crippen LogP contribution in [0, 0.1) is 5.82 Å². The molecule has 15 heavy (non-hydrogen) atoms. The third kappa shape index (κ3) is 2.28. The molecule has 0 saturated heterocycles. The number of aliphatic imine (C=N–C) groups is 1. The van der Waals surface area contributed by atoms with Crippen molar-refractivity contribution in [3.05, 3.63) is 34.1 Å². The van der Waals surface area contributed by atoms with Crippen LogP contribution in [0.2, 0.25) is 0 Å². The van der Waals surface area contributed by atoms with Crippen LogP contribution in [0.15, 0.2) is 27.7 Å². The van der Waals surface area contributed by atoms with Crippen LogP contribution in [0.1, 0.15) is 18.0 Å². The van der Waals surface area contributed by atoms with Crippen molar-refractivity contribution in [3.8, 4) is 0 Å². The van der Waals surface area contributed by atoms with Crippen molar-refractivity contribution < 1.29 is 9.13 Å². The lowest BCUT2D eigenvalue weighted by atomic mass is 10.0. The van der Waals surface area contributed by atoms with Crippen LogP contribution >= 0.6 is 15.9 Å². The smallest absolute Gasteiger partial charge is 0.282 e. The highest BCUT2D eigenvalue weighted by Crippen LogP contribution is 2.28. The zero-order chi connectivity index (χ0) is 10.8. The van der Waals surface area contributed by atoms with Gasteiger partial charge in [-0.1, -0.05) is 15.9 Å². The molecule has 0 bridgehead atoms. The van der Waals surface area contributed by atoms with Crippen LogP contribution < -0.4 is 5.73 Å². The third-order valence-electron chi connectivity index (χ3n) is 2.24. The molecule has 1 atom stereocenters. The van der Waals surface area contributed by atoms with Crippen molar-refractivity contribution in [1.29, 1.82) is 0 Å². The van der Waals surface area contributed by atoms with Crippen LogP contribution in [-0.2, 0) is 4.74 Å². The molecule has 0 radical (unpaired) electrons. The first-order valence-corrected chi connectivity index (χ1v) is 5.37. The number of hydrogen-bond acceptors (Lipinski definition) is 3. The van der Waals surface area contributed by atoms with Gasteiger partial charge in [-0.05, 0) is 18.2 Å².